The van der Waals surface area contributed by atoms with Crippen molar-refractivity contribution in [2.75, 3.05) is 13.1 Å². The van der Waals surface area contributed by atoms with E-state index in [9.17, 15) is 0 Å². The summed E-state index contributed by atoms with van der Waals surface area (Å²) < 4.78 is 2.22. The molecule has 0 unspecified atom stereocenters. The molecule has 1 heterocycles. The summed E-state index contributed by atoms with van der Waals surface area (Å²) in [6.07, 6.45) is 7.22. The number of benzene rings is 1. The van der Waals surface area contributed by atoms with E-state index in [4.69, 9.17) is 0 Å². The van der Waals surface area contributed by atoms with Gasteiger partial charge in [0.2, 0.25) is 0 Å². The van der Waals surface area contributed by atoms with Crippen LogP contribution in [0.5, 0.6) is 0 Å². The maximum absolute atomic E-state index is 4.36. The minimum Gasteiger partial charge on any atom is -0.331 e. The van der Waals surface area contributed by atoms with Gasteiger partial charge in [0.15, 0.2) is 0 Å². The predicted molar refractivity (Wildman–Crippen MR) is 84.0 cm³/mol. The molecule has 0 atom stereocenters. The number of imidazole rings is 1. The molecule has 0 radical (unpaired) electrons. The van der Waals surface area contributed by atoms with Crippen molar-refractivity contribution in [3.05, 3.63) is 53.6 Å². The lowest BCUT2D eigenvalue weighted by Gasteiger charge is -2.08. The second kappa shape index (κ2) is 7.85. The number of rotatable bonds is 8. The molecule has 1 aromatic carbocycles. The van der Waals surface area contributed by atoms with Gasteiger partial charge in [0.1, 0.15) is 5.82 Å². The van der Waals surface area contributed by atoms with Crippen molar-refractivity contribution < 1.29 is 0 Å². The molecule has 0 fully saturated rings. The second-order valence-electron chi connectivity index (χ2n) is 5.14. The van der Waals surface area contributed by atoms with Crippen LogP contribution in [0.1, 0.15) is 37.2 Å². The number of nitrogens with zero attached hydrogens (tertiary/aromatic N) is 2. The fourth-order valence-electron chi connectivity index (χ4n) is 2.34. The SMILES string of the molecule is CCCNCCc1ccc(Cn2ccnc2CC)cc1. The fraction of sp³-hybridized carbons (Fsp3) is 0.471. The van der Waals surface area contributed by atoms with Gasteiger partial charge >= 0.3 is 0 Å². The quantitative estimate of drug-likeness (QED) is 0.748. The molecule has 0 aliphatic rings. The van der Waals surface area contributed by atoms with Gasteiger partial charge in [0.25, 0.3) is 0 Å². The molecule has 0 spiro atoms. The van der Waals surface area contributed by atoms with Crippen molar-refractivity contribution in [3.8, 4) is 0 Å². The maximum Gasteiger partial charge on any atom is 0.108 e. The summed E-state index contributed by atoms with van der Waals surface area (Å²) >= 11 is 0. The zero-order valence-electron chi connectivity index (χ0n) is 12.6. The van der Waals surface area contributed by atoms with Gasteiger partial charge in [-0.25, -0.2) is 4.98 Å². The van der Waals surface area contributed by atoms with E-state index in [1.807, 2.05) is 6.20 Å². The van der Waals surface area contributed by atoms with E-state index in [1.54, 1.807) is 0 Å². The first-order valence-electron chi connectivity index (χ1n) is 7.62. The van der Waals surface area contributed by atoms with Crippen molar-refractivity contribution in [2.45, 2.75) is 39.7 Å². The van der Waals surface area contributed by atoms with E-state index in [0.717, 1.165) is 38.3 Å². The lowest BCUT2D eigenvalue weighted by Crippen LogP contribution is -2.17. The smallest absolute Gasteiger partial charge is 0.108 e. The van der Waals surface area contributed by atoms with Crippen LogP contribution in [0.2, 0.25) is 0 Å². The Morgan fingerprint density at radius 1 is 1.05 bits per heavy atom. The zero-order valence-corrected chi connectivity index (χ0v) is 12.6. The molecular weight excluding hydrogens is 246 g/mol. The van der Waals surface area contributed by atoms with Gasteiger partial charge in [0.05, 0.1) is 0 Å². The fourth-order valence-corrected chi connectivity index (χ4v) is 2.34. The Kier molecular flexibility index (Phi) is 5.81. The van der Waals surface area contributed by atoms with Crippen LogP contribution in [0.15, 0.2) is 36.7 Å². The highest BCUT2D eigenvalue weighted by molar-refractivity contribution is 5.23. The van der Waals surface area contributed by atoms with Gasteiger partial charge in [0, 0.05) is 25.4 Å². The van der Waals surface area contributed by atoms with Crippen LogP contribution in [-0.2, 0) is 19.4 Å². The Bertz CT molecular complexity index is 499. The van der Waals surface area contributed by atoms with Crippen molar-refractivity contribution in [1.82, 2.24) is 14.9 Å². The van der Waals surface area contributed by atoms with Crippen LogP contribution in [0.25, 0.3) is 0 Å². The first-order chi connectivity index (χ1) is 9.83. The molecule has 20 heavy (non-hydrogen) atoms. The second-order valence-corrected chi connectivity index (χ2v) is 5.14. The van der Waals surface area contributed by atoms with E-state index in [-0.39, 0.29) is 0 Å². The number of aryl methyl sites for hydroxylation is 1. The average Bonchev–Trinajstić information content (AvgIpc) is 2.92. The van der Waals surface area contributed by atoms with Gasteiger partial charge in [-0.1, -0.05) is 38.1 Å². The third-order valence-electron chi connectivity index (χ3n) is 3.51. The van der Waals surface area contributed by atoms with E-state index < -0.39 is 0 Å². The molecule has 3 heteroatoms. The maximum atomic E-state index is 4.36. The summed E-state index contributed by atoms with van der Waals surface area (Å²) in [6.45, 7) is 7.43. The molecular formula is C17H25N3. The predicted octanol–water partition coefficient (Wildman–Crippen LogP) is 3.04. The summed E-state index contributed by atoms with van der Waals surface area (Å²) in [5.41, 5.74) is 2.74. The standard InChI is InChI=1S/C17H25N3/c1-3-10-18-11-9-15-5-7-16(8-6-15)14-20-13-12-19-17(20)4-2/h5-8,12-13,18H,3-4,9-11,14H2,1-2H3. The number of nitrogens with one attached hydrogen (secondary N) is 1. The summed E-state index contributed by atoms with van der Waals surface area (Å²) in [5, 5.41) is 3.44. The van der Waals surface area contributed by atoms with Crippen LogP contribution in [0.4, 0.5) is 0 Å². The largest absolute Gasteiger partial charge is 0.331 e. The van der Waals surface area contributed by atoms with Gasteiger partial charge in [-0.2, -0.15) is 0 Å². The first kappa shape index (κ1) is 14.8. The van der Waals surface area contributed by atoms with Crippen molar-refractivity contribution in [3.63, 3.8) is 0 Å². The highest BCUT2D eigenvalue weighted by Crippen LogP contribution is 2.09. The molecule has 0 saturated heterocycles. The van der Waals surface area contributed by atoms with Gasteiger partial charge in [-0.05, 0) is 37.1 Å². The van der Waals surface area contributed by atoms with Crippen LogP contribution in [0.3, 0.4) is 0 Å². The zero-order chi connectivity index (χ0) is 14.2. The monoisotopic (exact) mass is 271 g/mol. The molecule has 0 amide bonds. The number of hydrogen-bond donors (Lipinski definition) is 1. The summed E-state index contributed by atoms with van der Waals surface area (Å²) in [5.74, 6) is 1.15. The highest BCUT2D eigenvalue weighted by Gasteiger charge is 2.01. The molecule has 2 aromatic rings. The van der Waals surface area contributed by atoms with Gasteiger partial charge < -0.3 is 9.88 Å². The molecule has 108 valence electrons. The molecule has 2 rings (SSSR count). The number of aromatic nitrogens is 2. The minimum atomic E-state index is 0.914. The van der Waals surface area contributed by atoms with E-state index >= 15 is 0 Å². The van der Waals surface area contributed by atoms with E-state index in [0.29, 0.717) is 0 Å². The van der Waals surface area contributed by atoms with Crippen LogP contribution in [-0.4, -0.2) is 22.6 Å². The van der Waals surface area contributed by atoms with Crippen molar-refractivity contribution in [2.24, 2.45) is 0 Å². The van der Waals surface area contributed by atoms with E-state index in [1.165, 1.54) is 17.5 Å². The van der Waals surface area contributed by atoms with Crippen LogP contribution in [0, 0.1) is 0 Å². The third-order valence-corrected chi connectivity index (χ3v) is 3.51. The van der Waals surface area contributed by atoms with Crippen molar-refractivity contribution in [1.29, 1.82) is 0 Å². The summed E-state index contributed by atoms with van der Waals surface area (Å²) in [4.78, 5) is 4.36. The molecule has 0 saturated carbocycles. The van der Waals surface area contributed by atoms with Gasteiger partial charge in [-0.3, -0.25) is 0 Å². The molecule has 0 aliphatic carbocycles. The topological polar surface area (TPSA) is 29.9 Å². The molecule has 0 aliphatic heterocycles. The minimum absolute atomic E-state index is 0.914. The Labute approximate surface area is 122 Å². The van der Waals surface area contributed by atoms with Crippen molar-refractivity contribution >= 4 is 0 Å². The van der Waals surface area contributed by atoms with E-state index in [2.05, 4.69) is 59.2 Å². The lowest BCUT2D eigenvalue weighted by molar-refractivity contribution is 0.671. The number of hydrogen-bond acceptors (Lipinski definition) is 2. The summed E-state index contributed by atoms with van der Waals surface area (Å²) in [6, 6.07) is 8.94. The first-order valence-corrected chi connectivity index (χ1v) is 7.62. The van der Waals surface area contributed by atoms with Crippen LogP contribution >= 0.6 is 0 Å². The highest BCUT2D eigenvalue weighted by atomic mass is 15.1. The molecule has 1 aromatic heterocycles. The molecule has 3 nitrogen and oxygen atoms in total. The molecule has 1 N–H and O–H groups in total. The Hall–Kier alpha value is -1.61. The van der Waals surface area contributed by atoms with Gasteiger partial charge in [-0.15, -0.1) is 0 Å². The Morgan fingerprint density at radius 2 is 1.80 bits per heavy atom. The lowest BCUT2D eigenvalue weighted by atomic mass is 10.1. The normalized spacial score (nSPS) is 10.9. The summed E-state index contributed by atoms with van der Waals surface area (Å²) in [7, 11) is 0. The Morgan fingerprint density at radius 3 is 2.50 bits per heavy atom. The Balaban J connectivity index is 1.88. The molecule has 0 bridgehead atoms. The van der Waals surface area contributed by atoms with Crippen LogP contribution < -0.4 is 5.32 Å². The average molecular weight is 271 g/mol. The third kappa shape index (κ3) is 4.20.